The largest absolute Gasteiger partial charge is 0.478 e. The van der Waals surface area contributed by atoms with E-state index in [9.17, 15) is 19.7 Å². The molecule has 3 aromatic heterocycles. The normalized spacial score (nSPS) is 12.2. The number of nitrogens with two attached hydrogens (primary N) is 1. The fourth-order valence-corrected chi connectivity index (χ4v) is 6.45. The molecule has 0 saturated carbocycles. The van der Waals surface area contributed by atoms with Gasteiger partial charge in [0.25, 0.3) is 0 Å². The van der Waals surface area contributed by atoms with E-state index in [4.69, 9.17) is 34.0 Å². The number of carbonyl (C=O) groups is 1. The fraction of sp³-hybridized carbons (Fsp3) is 0.0270. The third-order valence-electron chi connectivity index (χ3n) is 8.39. The molecule has 13 nitrogen and oxygen atoms in total. The Bertz CT molecular complexity index is 2680. The molecular formula is C37H26Cl2N8O5. The van der Waals surface area contributed by atoms with E-state index in [2.05, 4.69) is 43.4 Å². The molecule has 4 aromatic carbocycles. The van der Waals surface area contributed by atoms with Crippen LogP contribution >= 0.6 is 23.2 Å². The van der Waals surface area contributed by atoms with Gasteiger partial charge >= 0.3 is 17.2 Å². The van der Waals surface area contributed by atoms with Crippen molar-refractivity contribution in [1.82, 2.24) is 24.6 Å². The van der Waals surface area contributed by atoms with Gasteiger partial charge in [0.05, 0.1) is 38.1 Å². The van der Waals surface area contributed by atoms with Crippen LogP contribution in [0.25, 0.3) is 50.8 Å². The Morgan fingerprint density at radius 2 is 1.65 bits per heavy atom. The number of H-pyrrole nitrogens is 1. The number of aromatic amines is 1. The lowest BCUT2D eigenvalue weighted by Gasteiger charge is -2.08. The summed E-state index contributed by atoms with van der Waals surface area (Å²) in [5.74, 6) is -0.663. The number of hydrazone groups is 1. The first-order valence-corrected chi connectivity index (χ1v) is 16.3. The zero-order chi connectivity index (χ0) is 36.7. The predicted molar refractivity (Wildman–Crippen MR) is 201 cm³/mol. The van der Waals surface area contributed by atoms with Crippen LogP contribution < -0.4 is 16.7 Å². The molecule has 4 heterocycles. The quantitative estimate of drug-likeness (QED) is 0.104. The number of aromatic nitrogens is 4. The molecule has 0 radical (unpaired) electrons. The first-order valence-electron chi connectivity index (χ1n) is 15.6. The van der Waals surface area contributed by atoms with Gasteiger partial charge in [0, 0.05) is 38.9 Å². The minimum atomic E-state index is -1.14. The van der Waals surface area contributed by atoms with Crippen molar-refractivity contribution in [3.8, 4) is 22.4 Å². The maximum Gasteiger partial charge on any atom is 0.359 e. The van der Waals surface area contributed by atoms with Crippen LogP contribution in [-0.2, 0) is 0 Å². The number of benzene rings is 4. The molecule has 1 aliphatic heterocycles. The number of amidine groups is 1. The highest BCUT2D eigenvalue weighted by molar-refractivity contribution is 6.36. The van der Waals surface area contributed by atoms with E-state index in [1.54, 1.807) is 19.1 Å². The van der Waals surface area contributed by atoms with Crippen molar-refractivity contribution < 1.29 is 14.8 Å². The Hall–Kier alpha value is -6.70. The number of fused-ring (bicyclic) bond motifs is 4. The molecule has 0 unspecified atom stereocenters. The Balaban J connectivity index is 0.000000174. The van der Waals surface area contributed by atoms with Gasteiger partial charge in [-0.2, -0.15) is 14.7 Å². The van der Waals surface area contributed by atoms with E-state index in [-0.39, 0.29) is 22.5 Å². The maximum atomic E-state index is 13.0. The number of aryl methyl sites for hydroxylation is 1. The number of nitro groups is 1. The highest BCUT2D eigenvalue weighted by Gasteiger charge is 2.28. The van der Waals surface area contributed by atoms with Gasteiger partial charge in [0.2, 0.25) is 0 Å². The van der Waals surface area contributed by atoms with E-state index in [0.29, 0.717) is 32.7 Å². The number of halogens is 2. The topological polar surface area (TPSA) is 186 Å². The second-order valence-electron chi connectivity index (χ2n) is 11.6. The molecule has 8 rings (SSSR count). The van der Waals surface area contributed by atoms with Crippen molar-refractivity contribution in [3.05, 3.63) is 156 Å². The molecule has 1 aliphatic rings. The molecular weight excluding hydrogens is 707 g/mol. The summed E-state index contributed by atoms with van der Waals surface area (Å²) in [4.78, 5) is 37.9. The monoisotopic (exact) mass is 732 g/mol. The van der Waals surface area contributed by atoms with Crippen LogP contribution in [0.1, 0.15) is 27.3 Å². The van der Waals surface area contributed by atoms with Crippen LogP contribution in [0, 0.1) is 17.0 Å². The van der Waals surface area contributed by atoms with Crippen LogP contribution in [0.5, 0.6) is 0 Å². The molecule has 15 heteroatoms. The third kappa shape index (κ3) is 6.14. The minimum absolute atomic E-state index is 0.00339. The Morgan fingerprint density at radius 1 is 0.942 bits per heavy atom. The summed E-state index contributed by atoms with van der Waals surface area (Å²) in [6.45, 7) is 1.65. The predicted octanol–water partition coefficient (Wildman–Crippen LogP) is 7.40. The fourth-order valence-electron chi connectivity index (χ4n) is 5.95. The van der Waals surface area contributed by atoms with Crippen molar-refractivity contribution in [2.24, 2.45) is 10.8 Å². The molecule has 0 bridgehead atoms. The molecule has 0 amide bonds. The molecule has 258 valence electrons. The van der Waals surface area contributed by atoms with Gasteiger partial charge in [-0.15, -0.1) is 0 Å². The molecule has 0 aliphatic carbocycles. The highest BCUT2D eigenvalue weighted by Crippen LogP contribution is 2.36. The number of rotatable bonds is 5. The molecule has 0 saturated heterocycles. The second kappa shape index (κ2) is 13.5. The van der Waals surface area contributed by atoms with Gasteiger partial charge in [-0.25, -0.2) is 4.79 Å². The molecule has 7 aromatic rings. The van der Waals surface area contributed by atoms with Gasteiger partial charge in [-0.3, -0.25) is 20.3 Å². The summed E-state index contributed by atoms with van der Waals surface area (Å²) in [6, 6.07) is 30.5. The summed E-state index contributed by atoms with van der Waals surface area (Å²) < 4.78 is 3.00. The third-order valence-corrected chi connectivity index (χ3v) is 8.94. The maximum absolute atomic E-state index is 13.0. The van der Waals surface area contributed by atoms with Crippen molar-refractivity contribution in [2.45, 2.75) is 6.92 Å². The Labute approximate surface area is 304 Å². The van der Waals surface area contributed by atoms with E-state index in [1.807, 2.05) is 48.7 Å². The standard InChI is InChI=1S/C20H12Cl2N4O5.C17H14N4/c1-9-15(13-7-6-12(21)8-14(13)22)18-23-16(10-2-4-11(5-3-10)20(28)29)17(26(30)31)19(27)25(18)24-9;18-17-16-10-13-8-4-5-9-15(13)21(16)11-14(19-20-17)12-6-2-1-3-7-12/h2-8,23H,1H3,(H,28,29);1-11,19H,(H2,18,20). The summed E-state index contributed by atoms with van der Waals surface area (Å²) in [5, 5.41) is 31.1. The zero-order valence-electron chi connectivity index (χ0n) is 27.0. The Morgan fingerprint density at radius 3 is 2.35 bits per heavy atom. The molecule has 5 N–H and O–H groups in total. The minimum Gasteiger partial charge on any atom is -0.478 e. The van der Waals surface area contributed by atoms with Gasteiger partial charge in [0.15, 0.2) is 5.84 Å². The average Bonchev–Trinajstić information content (AvgIpc) is 3.62. The van der Waals surface area contributed by atoms with Gasteiger partial charge in [0.1, 0.15) is 11.3 Å². The Kier molecular flexibility index (Phi) is 8.80. The van der Waals surface area contributed by atoms with Crippen molar-refractivity contribution in [3.63, 3.8) is 0 Å². The first kappa shape index (κ1) is 33.8. The number of para-hydroxylation sites is 1. The number of hydrogen-bond donors (Lipinski definition) is 4. The second-order valence-corrected chi connectivity index (χ2v) is 12.5. The number of hydrogen-bond acceptors (Lipinski definition) is 8. The van der Waals surface area contributed by atoms with E-state index in [0.717, 1.165) is 32.4 Å². The lowest BCUT2D eigenvalue weighted by atomic mass is 10.1. The summed E-state index contributed by atoms with van der Waals surface area (Å²) in [7, 11) is 0. The number of carboxylic acid groups (broad SMARTS) is 1. The van der Waals surface area contributed by atoms with E-state index >= 15 is 0 Å². The van der Waals surface area contributed by atoms with Gasteiger partial charge in [-0.05, 0) is 43.3 Å². The van der Waals surface area contributed by atoms with E-state index < -0.39 is 22.1 Å². The number of carboxylic acids is 1. The highest BCUT2D eigenvalue weighted by atomic mass is 35.5. The summed E-state index contributed by atoms with van der Waals surface area (Å²) in [5.41, 5.74) is 13.3. The number of nitrogens with zero attached hydrogens (tertiary/aromatic N) is 5. The molecule has 0 atom stereocenters. The first-order chi connectivity index (χ1) is 25.0. The molecule has 0 spiro atoms. The van der Waals surface area contributed by atoms with Crippen molar-refractivity contribution in [1.29, 1.82) is 0 Å². The van der Waals surface area contributed by atoms with Crippen LogP contribution in [0.15, 0.2) is 113 Å². The average molecular weight is 734 g/mol. The smallest absolute Gasteiger partial charge is 0.359 e. The lowest BCUT2D eigenvalue weighted by Crippen LogP contribution is -2.20. The van der Waals surface area contributed by atoms with Crippen LogP contribution in [0.2, 0.25) is 10.0 Å². The molecule has 0 fully saturated rings. The van der Waals surface area contributed by atoms with Gasteiger partial charge < -0.3 is 20.4 Å². The number of aromatic carboxylic acids is 1. The summed E-state index contributed by atoms with van der Waals surface area (Å²) >= 11 is 12.3. The van der Waals surface area contributed by atoms with Crippen LogP contribution in [0.3, 0.4) is 0 Å². The molecule has 52 heavy (non-hydrogen) atoms. The van der Waals surface area contributed by atoms with Crippen LogP contribution in [0.4, 0.5) is 5.69 Å². The van der Waals surface area contributed by atoms with E-state index in [1.165, 1.54) is 30.3 Å². The van der Waals surface area contributed by atoms with Gasteiger partial charge in [-0.1, -0.05) is 89.9 Å². The lowest BCUT2D eigenvalue weighted by molar-refractivity contribution is -0.385. The zero-order valence-corrected chi connectivity index (χ0v) is 28.6. The van der Waals surface area contributed by atoms with Crippen LogP contribution in [-0.4, -0.2) is 41.0 Å². The summed E-state index contributed by atoms with van der Waals surface area (Å²) in [6.07, 6.45) is 2.04. The SMILES string of the molecule is Cc1nn2c(=O)c([N+](=O)[O-])c(-c3ccc(C(=O)O)cc3)[nH]c2c1-c1ccc(Cl)cc1Cl.NC1=NNC(c2ccccc2)=Cn2c1cc1ccccc12. The number of nitrogens with one attached hydrogen (secondary N) is 2. The van der Waals surface area contributed by atoms with Crippen molar-refractivity contribution in [2.75, 3.05) is 0 Å². The van der Waals surface area contributed by atoms with Crippen molar-refractivity contribution >= 4 is 69.1 Å².